The zero-order valence-corrected chi connectivity index (χ0v) is 11.2. The van der Waals surface area contributed by atoms with E-state index in [4.69, 9.17) is 0 Å². The molecule has 1 amide bonds. The molecule has 0 bridgehead atoms. The Morgan fingerprint density at radius 3 is 2.88 bits per heavy atom. The molecule has 3 rings (SSSR count). The summed E-state index contributed by atoms with van der Waals surface area (Å²) in [6.07, 6.45) is 6.91. The van der Waals surface area contributed by atoms with E-state index >= 15 is 0 Å². The number of hydrogen-bond acceptors (Lipinski definition) is 2. The van der Waals surface area contributed by atoms with Gasteiger partial charge in [-0.05, 0) is 65.1 Å². The van der Waals surface area contributed by atoms with Gasteiger partial charge in [0.1, 0.15) is 5.69 Å². The molecule has 90 valence electrons. The van der Waals surface area contributed by atoms with Crippen molar-refractivity contribution in [3.05, 3.63) is 28.5 Å². The molecule has 0 saturated heterocycles. The molecular weight excluding hydrogens is 280 g/mol. The number of carbonyl (C=O) groups is 1. The SMILES string of the molecule is O=C(NCC1(C2CC2)CC1)c1ncccc1Br. The summed E-state index contributed by atoms with van der Waals surface area (Å²) in [6, 6.07) is 3.66. The topological polar surface area (TPSA) is 42.0 Å². The first-order chi connectivity index (χ1) is 8.21. The zero-order valence-electron chi connectivity index (χ0n) is 9.58. The first-order valence-corrected chi connectivity index (χ1v) is 6.89. The summed E-state index contributed by atoms with van der Waals surface area (Å²) in [4.78, 5) is 16.1. The quantitative estimate of drug-likeness (QED) is 0.928. The molecule has 1 N–H and O–H groups in total. The van der Waals surface area contributed by atoms with Crippen LogP contribution in [0.1, 0.15) is 36.2 Å². The number of rotatable bonds is 4. The van der Waals surface area contributed by atoms with Crippen LogP contribution < -0.4 is 5.32 Å². The van der Waals surface area contributed by atoms with Crippen LogP contribution in [-0.2, 0) is 0 Å². The van der Waals surface area contributed by atoms with Crippen LogP contribution in [0.4, 0.5) is 0 Å². The molecule has 0 atom stereocenters. The fourth-order valence-electron chi connectivity index (χ4n) is 2.48. The third kappa shape index (κ3) is 2.23. The molecule has 0 aliphatic heterocycles. The van der Waals surface area contributed by atoms with Gasteiger partial charge in [-0.2, -0.15) is 0 Å². The van der Waals surface area contributed by atoms with Crippen LogP contribution >= 0.6 is 15.9 Å². The van der Waals surface area contributed by atoms with Crippen LogP contribution in [0.25, 0.3) is 0 Å². The largest absolute Gasteiger partial charge is 0.350 e. The zero-order chi connectivity index (χ0) is 11.9. The van der Waals surface area contributed by atoms with E-state index in [9.17, 15) is 4.79 Å². The molecule has 1 aromatic rings. The molecular formula is C13H15BrN2O. The Morgan fingerprint density at radius 1 is 1.53 bits per heavy atom. The van der Waals surface area contributed by atoms with Crippen molar-refractivity contribution in [1.82, 2.24) is 10.3 Å². The van der Waals surface area contributed by atoms with E-state index in [1.165, 1.54) is 25.7 Å². The van der Waals surface area contributed by atoms with E-state index in [1.54, 1.807) is 6.20 Å². The van der Waals surface area contributed by atoms with Crippen LogP contribution in [-0.4, -0.2) is 17.4 Å². The van der Waals surface area contributed by atoms with Crippen molar-refractivity contribution in [2.24, 2.45) is 11.3 Å². The lowest BCUT2D eigenvalue weighted by Gasteiger charge is -2.14. The van der Waals surface area contributed by atoms with Crippen molar-refractivity contribution >= 4 is 21.8 Å². The van der Waals surface area contributed by atoms with Crippen LogP contribution in [0.15, 0.2) is 22.8 Å². The van der Waals surface area contributed by atoms with Crippen LogP contribution in [0, 0.1) is 11.3 Å². The smallest absolute Gasteiger partial charge is 0.271 e. The lowest BCUT2D eigenvalue weighted by molar-refractivity contribution is 0.0937. The number of pyridine rings is 1. The van der Waals surface area contributed by atoms with Crippen molar-refractivity contribution in [3.63, 3.8) is 0 Å². The fraction of sp³-hybridized carbons (Fsp3) is 0.538. The monoisotopic (exact) mass is 294 g/mol. The van der Waals surface area contributed by atoms with Gasteiger partial charge < -0.3 is 5.32 Å². The molecule has 4 heteroatoms. The van der Waals surface area contributed by atoms with Crippen molar-refractivity contribution < 1.29 is 4.79 Å². The molecule has 17 heavy (non-hydrogen) atoms. The number of aromatic nitrogens is 1. The van der Waals surface area contributed by atoms with Gasteiger partial charge in [-0.1, -0.05) is 0 Å². The van der Waals surface area contributed by atoms with Gasteiger partial charge in [0.15, 0.2) is 0 Å². The summed E-state index contributed by atoms with van der Waals surface area (Å²) >= 11 is 3.35. The molecule has 2 fully saturated rings. The second kappa shape index (κ2) is 4.09. The van der Waals surface area contributed by atoms with Gasteiger partial charge in [-0.15, -0.1) is 0 Å². The van der Waals surface area contributed by atoms with Crippen LogP contribution in [0.2, 0.25) is 0 Å². The highest BCUT2D eigenvalue weighted by atomic mass is 79.9. The maximum absolute atomic E-state index is 12.0. The van der Waals surface area contributed by atoms with Gasteiger partial charge in [0.2, 0.25) is 0 Å². The summed E-state index contributed by atoms with van der Waals surface area (Å²) < 4.78 is 0.758. The minimum absolute atomic E-state index is 0.0654. The minimum atomic E-state index is -0.0654. The second-order valence-corrected chi connectivity index (χ2v) is 6.01. The number of nitrogens with one attached hydrogen (secondary N) is 1. The summed E-state index contributed by atoms with van der Waals surface area (Å²) in [6.45, 7) is 0.819. The Morgan fingerprint density at radius 2 is 2.29 bits per heavy atom. The van der Waals surface area contributed by atoms with Gasteiger partial charge in [-0.25, -0.2) is 4.98 Å². The first kappa shape index (κ1) is 11.2. The van der Waals surface area contributed by atoms with E-state index in [2.05, 4.69) is 26.2 Å². The van der Waals surface area contributed by atoms with E-state index in [0.29, 0.717) is 11.1 Å². The van der Waals surface area contributed by atoms with Crippen molar-refractivity contribution in [2.75, 3.05) is 6.54 Å². The second-order valence-electron chi connectivity index (χ2n) is 5.15. The predicted molar refractivity (Wildman–Crippen MR) is 68.7 cm³/mol. The highest BCUT2D eigenvalue weighted by Gasteiger charge is 2.53. The number of nitrogens with zero attached hydrogens (tertiary/aromatic N) is 1. The lowest BCUT2D eigenvalue weighted by Crippen LogP contribution is -2.31. The molecule has 2 saturated carbocycles. The summed E-state index contributed by atoms with van der Waals surface area (Å²) in [5.41, 5.74) is 0.927. The highest BCUT2D eigenvalue weighted by Crippen LogP contribution is 2.60. The number of halogens is 1. The molecule has 0 radical (unpaired) electrons. The Balaban J connectivity index is 1.62. The van der Waals surface area contributed by atoms with E-state index in [0.717, 1.165) is 16.9 Å². The number of hydrogen-bond donors (Lipinski definition) is 1. The molecule has 2 aliphatic carbocycles. The standard InChI is InChI=1S/C13H15BrN2O/c14-10-2-1-7-15-11(10)12(17)16-8-13(5-6-13)9-3-4-9/h1-2,7,9H,3-6,8H2,(H,16,17). The molecule has 0 unspecified atom stereocenters. The number of carbonyl (C=O) groups excluding carboxylic acids is 1. The van der Waals surface area contributed by atoms with Crippen LogP contribution in [0.5, 0.6) is 0 Å². The van der Waals surface area contributed by atoms with Gasteiger partial charge in [0.25, 0.3) is 5.91 Å². The molecule has 3 nitrogen and oxygen atoms in total. The summed E-state index contributed by atoms with van der Waals surface area (Å²) in [7, 11) is 0. The van der Waals surface area contributed by atoms with Gasteiger partial charge in [0, 0.05) is 17.2 Å². The van der Waals surface area contributed by atoms with Crippen LogP contribution in [0.3, 0.4) is 0 Å². The Bertz CT molecular complexity index is 452. The predicted octanol–water partition coefficient (Wildman–Crippen LogP) is 2.76. The third-order valence-corrected chi connectivity index (χ3v) is 4.55. The molecule has 2 aliphatic rings. The number of amides is 1. The van der Waals surface area contributed by atoms with Gasteiger partial charge in [0.05, 0.1) is 0 Å². The van der Waals surface area contributed by atoms with Gasteiger partial charge in [-0.3, -0.25) is 4.79 Å². The lowest BCUT2D eigenvalue weighted by atomic mass is 10.0. The molecule has 0 aromatic carbocycles. The Labute approximate surface area is 109 Å². The summed E-state index contributed by atoms with van der Waals surface area (Å²) in [5.74, 6) is 0.805. The Kier molecular flexibility index (Phi) is 2.69. The molecule has 0 spiro atoms. The van der Waals surface area contributed by atoms with E-state index < -0.39 is 0 Å². The molecule has 1 heterocycles. The Hall–Kier alpha value is -0.900. The van der Waals surface area contributed by atoms with Gasteiger partial charge >= 0.3 is 0 Å². The first-order valence-electron chi connectivity index (χ1n) is 6.10. The maximum Gasteiger partial charge on any atom is 0.271 e. The normalized spacial score (nSPS) is 21.0. The molecule has 1 aromatic heterocycles. The van der Waals surface area contributed by atoms with Crippen molar-refractivity contribution in [1.29, 1.82) is 0 Å². The maximum atomic E-state index is 12.0. The fourth-order valence-corrected chi connectivity index (χ4v) is 2.91. The average molecular weight is 295 g/mol. The van der Waals surface area contributed by atoms with E-state index in [1.807, 2.05) is 12.1 Å². The van der Waals surface area contributed by atoms with Crippen molar-refractivity contribution in [2.45, 2.75) is 25.7 Å². The minimum Gasteiger partial charge on any atom is -0.350 e. The highest BCUT2D eigenvalue weighted by molar-refractivity contribution is 9.10. The third-order valence-electron chi connectivity index (χ3n) is 3.91. The average Bonchev–Trinajstić information content (AvgIpc) is 3.17. The summed E-state index contributed by atoms with van der Waals surface area (Å²) in [5, 5.41) is 3.03. The van der Waals surface area contributed by atoms with Crippen molar-refractivity contribution in [3.8, 4) is 0 Å². The van der Waals surface area contributed by atoms with E-state index in [-0.39, 0.29) is 5.91 Å².